The zero-order chi connectivity index (χ0) is 14.7. The van der Waals surface area contributed by atoms with Crippen LogP contribution in [0.1, 0.15) is 31.2 Å². The number of carbonyl (C=O) groups excluding carboxylic acids is 1. The first-order chi connectivity index (χ1) is 10.2. The maximum atomic E-state index is 11.7. The molecule has 3 rings (SSSR count). The number of ether oxygens (including phenoxy) is 2. The molecule has 0 heterocycles. The zero-order valence-electron chi connectivity index (χ0n) is 12.4. The number of benzene rings is 1. The third-order valence-electron chi connectivity index (χ3n) is 3.73. The summed E-state index contributed by atoms with van der Waals surface area (Å²) in [7, 11) is 1.65. The lowest BCUT2D eigenvalue weighted by atomic mass is 10.2. The summed E-state index contributed by atoms with van der Waals surface area (Å²) in [6.07, 6.45) is 4.66. The molecule has 0 aliphatic heterocycles. The summed E-state index contributed by atoms with van der Waals surface area (Å²) >= 11 is 0. The Labute approximate surface area is 125 Å². The van der Waals surface area contributed by atoms with E-state index in [-0.39, 0.29) is 12.5 Å². The number of nitrogens with one attached hydrogen (secondary N) is 2. The maximum Gasteiger partial charge on any atom is 0.258 e. The van der Waals surface area contributed by atoms with E-state index < -0.39 is 0 Å². The van der Waals surface area contributed by atoms with Gasteiger partial charge < -0.3 is 20.1 Å². The van der Waals surface area contributed by atoms with Crippen molar-refractivity contribution >= 4 is 5.91 Å². The highest BCUT2D eigenvalue weighted by atomic mass is 16.5. The number of hydrogen-bond acceptors (Lipinski definition) is 4. The molecule has 5 nitrogen and oxygen atoms in total. The van der Waals surface area contributed by atoms with E-state index in [1.165, 1.54) is 12.8 Å². The SMILES string of the molecule is COc1ccc(OCC(=O)NC2CC2)c(CNC2CC2)c1. The van der Waals surface area contributed by atoms with E-state index in [1.807, 2.05) is 18.2 Å². The van der Waals surface area contributed by atoms with Crippen LogP contribution in [0.25, 0.3) is 0 Å². The summed E-state index contributed by atoms with van der Waals surface area (Å²) in [5.74, 6) is 1.50. The van der Waals surface area contributed by atoms with Gasteiger partial charge in [0.1, 0.15) is 11.5 Å². The molecule has 1 aromatic carbocycles. The Morgan fingerprint density at radius 1 is 1.24 bits per heavy atom. The summed E-state index contributed by atoms with van der Waals surface area (Å²) in [6.45, 7) is 0.806. The largest absolute Gasteiger partial charge is 0.497 e. The van der Waals surface area contributed by atoms with Gasteiger partial charge in [-0.15, -0.1) is 0 Å². The molecule has 1 amide bonds. The van der Waals surface area contributed by atoms with Crippen molar-refractivity contribution in [2.45, 2.75) is 44.3 Å². The van der Waals surface area contributed by atoms with Gasteiger partial charge in [0.25, 0.3) is 5.91 Å². The van der Waals surface area contributed by atoms with Gasteiger partial charge in [-0.25, -0.2) is 0 Å². The minimum absolute atomic E-state index is 0.0468. The molecule has 21 heavy (non-hydrogen) atoms. The lowest BCUT2D eigenvalue weighted by Gasteiger charge is -2.13. The van der Waals surface area contributed by atoms with Gasteiger partial charge in [0.15, 0.2) is 6.61 Å². The molecule has 2 saturated carbocycles. The lowest BCUT2D eigenvalue weighted by molar-refractivity contribution is -0.123. The van der Waals surface area contributed by atoms with Crippen LogP contribution in [0, 0.1) is 0 Å². The molecular weight excluding hydrogens is 268 g/mol. The summed E-state index contributed by atoms with van der Waals surface area (Å²) < 4.78 is 10.9. The second-order valence-corrected chi connectivity index (χ2v) is 5.76. The fourth-order valence-electron chi connectivity index (χ4n) is 2.14. The Hall–Kier alpha value is -1.75. The van der Waals surface area contributed by atoms with Crippen molar-refractivity contribution in [1.29, 1.82) is 0 Å². The number of carbonyl (C=O) groups is 1. The summed E-state index contributed by atoms with van der Waals surface area (Å²) in [5, 5.41) is 6.38. The van der Waals surface area contributed by atoms with Crippen LogP contribution >= 0.6 is 0 Å². The van der Waals surface area contributed by atoms with E-state index in [4.69, 9.17) is 9.47 Å². The summed E-state index contributed by atoms with van der Waals surface area (Å²) in [5.41, 5.74) is 1.03. The van der Waals surface area contributed by atoms with E-state index >= 15 is 0 Å². The Balaban J connectivity index is 1.59. The Bertz CT molecular complexity index is 510. The molecule has 0 bridgehead atoms. The van der Waals surface area contributed by atoms with Gasteiger partial charge in [-0.3, -0.25) is 4.79 Å². The highest BCUT2D eigenvalue weighted by molar-refractivity contribution is 5.78. The molecule has 0 radical (unpaired) electrons. The normalized spacial score (nSPS) is 17.4. The highest BCUT2D eigenvalue weighted by Crippen LogP contribution is 2.26. The number of amides is 1. The van der Waals surface area contributed by atoms with Gasteiger partial charge in [-0.2, -0.15) is 0 Å². The van der Waals surface area contributed by atoms with E-state index in [0.717, 1.165) is 36.4 Å². The molecular formula is C16H22N2O3. The van der Waals surface area contributed by atoms with Crippen molar-refractivity contribution in [3.8, 4) is 11.5 Å². The molecule has 0 atom stereocenters. The third-order valence-corrected chi connectivity index (χ3v) is 3.73. The molecule has 2 N–H and O–H groups in total. The molecule has 2 aliphatic carbocycles. The molecule has 114 valence electrons. The minimum Gasteiger partial charge on any atom is -0.497 e. The smallest absolute Gasteiger partial charge is 0.258 e. The average molecular weight is 290 g/mol. The quantitative estimate of drug-likeness (QED) is 0.763. The highest BCUT2D eigenvalue weighted by Gasteiger charge is 2.24. The fraction of sp³-hybridized carbons (Fsp3) is 0.562. The van der Waals surface area contributed by atoms with Gasteiger partial charge in [0.05, 0.1) is 7.11 Å². The monoisotopic (exact) mass is 290 g/mol. The predicted molar refractivity (Wildman–Crippen MR) is 79.5 cm³/mol. The van der Waals surface area contributed by atoms with Crippen LogP contribution in [0.15, 0.2) is 18.2 Å². The van der Waals surface area contributed by atoms with Gasteiger partial charge in [0.2, 0.25) is 0 Å². The molecule has 0 spiro atoms. The molecule has 0 aromatic heterocycles. The summed E-state index contributed by atoms with van der Waals surface area (Å²) in [4.78, 5) is 11.7. The van der Waals surface area contributed by atoms with Crippen LogP contribution in [0.3, 0.4) is 0 Å². The van der Waals surface area contributed by atoms with E-state index in [2.05, 4.69) is 10.6 Å². The number of hydrogen-bond donors (Lipinski definition) is 2. The molecule has 5 heteroatoms. The van der Waals surface area contributed by atoms with Crippen molar-refractivity contribution in [2.75, 3.05) is 13.7 Å². The van der Waals surface area contributed by atoms with Crippen molar-refractivity contribution in [1.82, 2.24) is 10.6 Å². The van der Waals surface area contributed by atoms with Gasteiger partial charge >= 0.3 is 0 Å². The topological polar surface area (TPSA) is 59.6 Å². The predicted octanol–water partition coefficient (Wildman–Crippen LogP) is 1.60. The molecule has 1 aromatic rings. The number of methoxy groups -OCH3 is 1. The number of rotatable bonds is 8. The van der Waals surface area contributed by atoms with Gasteiger partial charge in [0, 0.05) is 24.2 Å². The van der Waals surface area contributed by atoms with Crippen molar-refractivity contribution in [3.63, 3.8) is 0 Å². The third kappa shape index (κ3) is 4.36. The first-order valence-corrected chi connectivity index (χ1v) is 7.57. The first-order valence-electron chi connectivity index (χ1n) is 7.57. The van der Waals surface area contributed by atoms with Gasteiger partial charge in [-0.05, 0) is 43.9 Å². The van der Waals surface area contributed by atoms with Crippen LogP contribution < -0.4 is 20.1 Å². The Morgan fingerprint density at radius 3 is 2.67 bits per heavy atom. The van der Waals surface area contributed by atoms with Crippen LogP contribution in [0.5, 0.6) is 11.5 Å². The molecule has 0 unspecified atom stereocenters. The second kappa shape index (κ2) is 6.35. The fourth-order valence-corrected chi connectivity index (χ4v) is 2.14. The van der Waals surface area contributed by atoms with Crippen LogP contribution in [-0.4, -0.2) is 31.7 Å². The zero-order valence-corrected chi connectivity index (χ0v) is 12.4. The average Bonchev–Trinajstić information content (AvgIpc) is 3.38. The first kappa shape index (κ1) is 14.2. The molecule has 2 fully saturated rings. The van der Waals surface area contributed by atoms with Crippen molar-refractivity contribution in [2.24, 2.45) is 0 Å². The molecule has 2 aliphatic rings. The minimum atomic E-state index is -0.0468. The van der Waals surface area contributed by atoms with Crippen LogP contribution in [0.4, 0.5) is 0 Å². The van der Waals surface area contributed by atoms with E-state index in [1.54, 1.807) is 7.11 Å². The Kier molecular flexibility index (Phi) is 4.29. The van der Waals surface area contributed by atoms with Crippen molar-refractivity contribution < 1.29 is 14.3 Å². The van der Waals surface area contributed by atoms with Crippen LogP contribution in [0.2, 0.25) is 0 Å². The van der Waals surface area contributed by atoms with Crippen LogP contribution in [-0.2, 0) is 11.3 Å². The van der Waals surface area contributed by atoms with E-state index in [9.17, 15) is 4.79 Å². The van der Waals surface area contributed by atoms with E-state index in [0.29, 0.717) is 12.1 Å². The second-order valence-electron chi connectivity index (χ2n) is 5.76. The lowest BCUT2D eigenvalue weighted by Crippen LogP contribution is -2.30. The Morgan fingerprint density at radius 2 is 2.00 bits per heavy atom. The maximum absolute atomic E-state index is 11.7. The summed E-state index contributed by atoms with van der Waals surface area (Å²) in [6, 6.07) is 6.68. The van der Waals surface area contributed by atoms with Crippen molar-refractivity contribution in [3.05, 3.63) is 23.8 Å². The standard InChI is InChI=1S/C16H22N2O3/c1-20-14-6-7-15(11(8-14)9-17-12-2-3-12)21-10-16(19)18-13-4-5-13/h6-8,12-13,17H,2-5,9-10H2,1H3,(H,18,19). The molecule has 0 saturated heterocycles. The van der Waals surface area contributed by atoms with Gasteiger partial charge in [-0.1, -0.05) is 0 Å².